The minimum atomic E-state index is 0.159. The lowest BCUT2D eigenvalue weighted by Crippen LogP contribution is -2.58. The van der Waals surface area contributed by atoms with Gasteiger partial charge >= 0.3 is 0 Å². The normalized spacial score (nSPS) is 39.7. The molecule has 0 aromatic heterocycles. The Morgan fingerprint density at radius 2 is 2.35 bits per heavy atom. The van der Waals surface area contributed by atoms with E-state index in [-0.39, 0.29) is 5.54 Å². The number of likely N-dealkylation sites (tertiary alicyclic amines) is 1. The summed E-state index contributed by atoms with van der Waals surface area (Å²) in [5.74, 6) is 0. The first-order valence-corrected chi connectivity index (χ1v) is 6.83. The highest BCUT2D eigenvalue weighted by Crippen LogP contribution is 2.34. The number of hydrogen-bond donors (Lipinski definition) is 1. The Morgan fingerprint density at radius 3 is 2.94 bits per heavy atom. The van der Waals surface area contributed by atoms with E-state index in [1.807, 2.05) is 7.11 Å². The summed E-state index contributed by atoms with van der Waals surface area (Å²) in [6.45, 7) is 5.93. The molecule has 3 atom stereocenters. The third-order valence-corrected chi connectivity index (χ3v) is 4.51. The second-order valence-electron chi connectivity index (χ2n) is 5.38. The number of ether oxygens (including phenoxy) is 2. The fourth-order valence-electron chi connectivity index (χ4n) is 3.22. The van der Waals surface area contributed by atoms with Crippen LogP contribution in [0.1, 0.15) is 32.6 Å². The maximum atomic E-state index is 6.08. The molecule has 3 unspecified atom stereocenters. The van der Waals surface area contributed by atoms with E-state index in [0.717, 1.165) is 51.9 Å². The first kappa shape index (κ1) is 13.3. The molecule has 0 saturated carbocycles. The van der Waals surface area contributed by atoms with Crippen LogP contribution in [0.3, 0.4) is 0 Å². The monoisotopic (exact) mass is 242 g/mol. The van der Waals surface area contributed by atoms with Gasteiger partial charge in [-0.25, -0.2) is 0 Å². The molecule has 2 aliphatic rings. The highest BCUT2D eigenvalue weighted by Gasteiger charge is 2.43. The molecule has 2 saturated heterocycles. The van der Waals surface area contributed by atoms with Crippen LogP contribution in [0.25, 0.3) is 0 Å². The van der Waals surface area contributed by atoms with Crippen LogP contribution < -0.4 is 5.73 Å². The first-order chi connectivity index (χ1) is 8.24. The van der Waals surface area contributed by atoms with Crippen molar-refractivity contribution >= 4 is 0 Å². The van der Waals surface area contributed by atoms with Crippen molar-refractivity contribution in [1.29, 1.82) is 0 Å². The Bertz CT molecular complexity index is 250. The van der Waals surface area contributed by atoms with Crippen molar-refractivity contribution in [2.24, 2.45) is 5.73 Å². The zero-order valence-electron chi connectivity index (χ0n) is 11.2. The number of rotatable bonds is 4. The average Bonchev–Trinajstić information content (AvgIpc) is 2.88. The first-order valence-electron chi connectivity index (χ1n) is 6.83. The van der Waals surface area contributed by atoms with Crippen molar-refractivity contribution in [3.05, 3.63) is 0 Å². The van der Waals surface area contributed by atoms with Gasteiger partial charge in [0.1, 0.15) is 0 Å². The molecule has 0 aliphatic carbocycles. The van der Waals surface area contributed by atoms with Crippen molar-refractivity contribution in [2.75, 3.05) is 33.4 Å². The molecule has 2 heterocycles. The van der Waals surface area contributed by atoms with E-state index in [1.165, 1.54) is 0 Å². The van der Waals surface area contributed by atoms with E-state index in [2.05, 4.69) is 11.8 Å². The third-order valence-electron chi connectivity index (χ3n) is 4.51. The summed E-state index contributed by atoms with van der Waals surface area (Å²) in [4.78, 5) is 2.55. The van der Waals surface area contributed by atoms with Gasteiger partial charge in [-0.2, -0.15) is 0 Å². The van der Waals surface area contributed by atoms with Crippen LogP contribution in [0.4, 0.5) is 0 Å². The number of nitrogens with two attached hydrogens (primary N) is 1. The van der Waals surface area contributed by atoms with Crippen LogP contribution in [0.2, 0.25) is 0 Å². The molecule has 2 N–H and O–H groups in total. The van der Waals surface area contributed by atoms with Gasteiger partial charge in [0, 0.05) is 38.9 Å². The Kier molecular flexibility index (Phi) is 4.42. The largest absolute Gasteiger partial charge is 0.380 e. The molecule has 0 spiro atoms. The van der Waals surface area contributed by atoms with E-state index < -0.39 is 0 Å². The molecule has 2 rings (SSSR count). The fraction of sp³-hybridized carbons (Fsp3) is 1.00. The van der Waals surface area contributed by atoms with E-state index in [4.69, 9.17) is 15.2 Å². The maximum Gasteiger partial charge on any atom is 0.0710 e. The molecule has 17 heavy (non-hydrogen) atoms. The van der Waals surface area contributed by atoms with Crippen molar-refractivity contribution < 1.29 is 9.47 Å². The summed E-state index contributed by atoms with van der Waals surface area (Å²) < 4.78 is 11.2. The van der Waals surface area contributed by atoms with Crippen molar-refractivity contribution in [3.63, 3.8) is 0 Å². The summed E-state index contributed by atoms with van der Waals surface area (Å²) in [6, 6.07) is 0. The molecule has 0 aromatic rings. The summed E-state index contributed by atoms with van der Waals surface area (Å²) >= 11 is 0. The highest BCUT2D eigenvalue weighted by atomic mass is 16.5. The van der Waals surface area contributed by atoms with Gasteiger partial charge in [-0.3, -0.25) is 4.90 Å². The predicted octanol–water partition coefficient (Wildman–Crippen LogP) is 0.994. The standard InChI is InChI=1S/C13H26N2O2/c1-3-11-8-13(10-14,5-7-17-11)15-6-4-12(9-15)16-2/h11-12H,3-10,14H2,1-2H3. The predicted molar refractivity (Wildman–Crippen MR) is 68.0 cm³/mol. The van der Waals surface area contributed by atoms with Gasteiger partial charge in [-0.1, -0.05) is 6.92 Å². The quantitative estimate of drug-likeness (QED) is 0.799. The Morgan fingerprint density at radius 1 is 1.53 bits per heavy atom. The van der Waals surface area contributed by atoms with E-state index in [9.17, 15) is 0 Å². The zero-order chi connectivity index (χ0) is 12.3. The van der Waals surface area contributed by atoms with Gasteiger partial charge < -0.3 is 15.2 Å². The molecule has 2 aliphatic heterocycles. The minimum Gasteiger partial charge on any atom is -0.380 e. The van der Waals surface area contributed by atoms with Gasteiger partial charge in [0.25, 0.3) is 0 Å². The van der Waals surface area contributed by atoms with Crippen LogP contribution in [0, 0.1) is 0 Å². The van der Waals surface area contributed by atoms with Crippen LogP contribution in [0.5, 0.6) is 0 Å². The smallest absolute Gasteiger partial charge is 0.0710 e. The SMILES string of the molecule is CCC1CC(CN)(N2CCC(OC)C2)CCO1. The molecule has 4 nitrogen and oxygen atoms in total. The van der Waals surface area contributed by atoms with Crippen LogP contribution in [-0.4, -0.2) is 56.0 Å². The average molecular weight is 242 g/mol. The topological polar surface area (TPSA) is 47.7 Å². The molecule has 4 heteroatoms. The Balaban J connectivity index is 2.03. The van der Waals surface area contributed by atoms with E-state index in [0.29, 0.717) is 12.2 Å². The van der Waals surface area contributed by atoms with Crippen LogP contribution in [0.15, 0.2) is 0 Å². The molecular formula is C13H26N2O2. The summed E-state index contributed by atoms with van der Waals surface area (Å²) in [6.07, 6.45) is 5.14. The summed E-state index contributed by atoms with van der Waals surface area (Å²) in [7, 11) is 1.81. The van der Waals surface area contributed by atoms with E-state index in [1.54, 1.807) is 0 Å². The summed E-state index contributed by atoms with van der Waals surface area (Å²) in [5, 5.41) is 0. The van der Waals surface area contributed by atoms with Gasteiger partial charge in [-0.15, -0.1) is 0 Å². The van der Waals surface area contributed by atoms with Crippen LogP contribution in [-0.2, 0) is 9.47 Å². The second kappa shape index (κ2) is 5.65. The second-order valence-corrected chi connectivity index (χ2v) is 5.38. The molecule has 2 fully saturated rings. The number of hydrogen-bond acceptors (Lipinski definition) is 4. The molecular weight excluding hydrogens is 216 g/mol. The highest BCUT2D eigenvalue weighted by molar-refractivity contribution is 4.99. The van der Waals surface area contributed by atoms with E-state index >= 15 is 0 Å². The number of methoxy groups -OCH3 is 1. The minimum absolute atomic E-state index is 0.159. The van der Waals surface area contributed by atoms with Crippen LogP contribution >= 0.6 is 0 Å². The van der Waals surface area contributed by atoms with Gasteiger partial charge in [0.2, 0.25) is 0 Å². The molecule has 0 radical (unpaired) electrons. The van der Waals surface area contributed by atoms with Crippen molar-refractivity contribution in [3.8, 4) is 0 Å². The lowest BCUT2D eigenvalue weighted by molar-refractivity contribution is -0.0688. The number of nitrogens with zero attached hydrogens (tertiary/aromatic N) is 1. The lowest BCUT2D eigenvalue weighted by Gasteiger charge is -2.46. The summed E-state index contributed by atoms with van der Waals surface area (Å²) in [5.41, 5.74) is 6.24. The zero-order valence-corrected chi connectivity index (χ0v) is 11.2. The van der Waals surface area contributed by atoms with Crippen molar-refractivity contribution in [2.45, 2.75) is 50.4 Å². The Hall–Kier alpha value is -0.160. The fourth-order valence-corrected chi connectivity index (χ4v) is 3.22. The van der Waals surface area contributed by atoms with Gasteiger partial charge in [0.05, 0.1) is 12.2 Å². The Labute approximate surface area is 104 Å². The molecule has 0 amide bonds. The van der Waals surface area contributed by atoms with Gasteiger partial charge in [-0.05, 0) is 25.7 Å². The lowest BCUT2D eigenvalue weighted by atomic mass is 9.84. The van der Waals surface area contributed by atoms with Crippen molar-refractivity contribution in [1.82, 2.24) is 4.90 Å². The molecule has 0 aromatic carbocycles. The molecule has 0 bridgehead atoms. The maximum absolute atomic E-state index is 6.08. The van der Waals surface area contributed by atoms with Gasteiger partial charge in [0.15, 0.2) is 0 Å². The molecule has 100 valence electrons. The third kappa shape index (κ3) is 2.65.